The van der Waals surface area contributed by atoms with E-state index in [0.717, 1.165) is 45.0 Å². The van der Waals surface area contributed by atoms with Crippen molar-refractivity contribution in [1.82, 2.24) is 15.5 Å². The highest BCUT2D eigenvalue weighted by molar-refractivity contribution is 5.85. The first-order valence-corrected chi connectivity index (χ1v) is 11.0. The van der Waals surface area contributed by atoms with Gasteiger partial charge in [-0.2, -0.15) is 0 Å². The van der Waals surface area contributed by atoms with E-state index in [1.54, 1.807) is 19.0 Å². The summed E-state index contributed by atoms with van der Waals surface area (Å²) in [5.74, 6) is 0.738. The topological polar surface area (TPSA) is 75.2 Å². The van der Waals surface area contributed by atoms with E-state index in [4.69, 9.17) is 9.47 Å². The van der Waals surface area contributed by atoms with E-state index in [9.17, 15) is 4.79 Å². The Morgan fingerprint density at radius 3 is 2.68 bits per heavy atom. The molecule has 0 aromatic carbocycles. The van der Waals surface area contributed by atoms with Crippen molar-refractivity contribution in [3.05, 3.63) is 0 Å². The molecule has 2 saturated carbocycles. The van der Waals surface area contributed by atoms with Crippen LogP contribution in [0.15, 0.2) is 4.99 Å². The number of hydrogen-bond donors (Lipinski definition) is 2. The molecule has 1 heterocycles. The van der Waals surface area contributed by atoms with Crippen LogP contribution in [0.5, 0.6) is 0 Å². The highest BCUT2D eigenvalue weighted by Crippen LogP contribution is 2.53. The zero-order chi connectivity index (χ0) is 20.0. The number of amides is 1. The number of carbonyl (C=O) groups excluding carboxylic acids is 1. The summed E-state index contributed by atoms with van der Waals surface area (Å²) in [4.78, 5) is 18.2. The minimum Gasteiger partial charge on any atom is -0.378 e. The molecule has 7 heteroatoms. The molecule has 1 saturated heterocycles. The molecule has 160 valence electrons. The molecule has 2 aliphatic carbocycles. The number of nitrogens with zero attached hydrogens (tertiary/aromatic N) is 2. The lowest BCUT2D eigenvalue weighted by molar-refractivity contribution is -0.145. The molecule has 1 aliphatic heterocycles. The molecule has 3 fully saturated rings. The first-order chi connectivity index (χ1) is 13.5. The van der Waals surface area contributed by atoms with Crippen LogP contribution in [0.1, 0.15) is 58.3 Å². The maximum atomic E-state index is 12.0. The molecule has 0 bridgehead atoms. The molecule has 3 atom stereocenters. The lowest BCUT2D eigenvalue weighted by Gasteiger charge is -2.58. The van der Waals surface area contributed by atoms with Crippen molar-refractivity contribution in [2.45, 2.75) is 76.5 Å². The molecule has 28 heavy (non-hydrogen) atoms. The standard InChI is InChI=1S/C21H38N4O3/c1-4-27-18-13-17(21(18)10-6-5-7-11-21)24-20(23-15-19(26)25(2)3)22-14-16-9-8-12-28-16/h16-18H,4-15H2,1-3H3,(H2,22,23,24). The summed E-state index contributed by atoms with van der Waals surface area (Å²) in [6, 6.07) is 0.356. The van der Waals surface area contributed by atoms with Crippen LogP contribution >= 0.6 is 0 Å². The van der Waals surface area contributed by atoms with Gasteiger partial charge >= 0.3 is 0 Å². The Morgan fingerprint density at radius 1 is 1.25 bits per heavy atom. The van der Waals surface area contributed by atoms with Gasteiger partial charge in [-0.1, -0.05) is 19.3 Å². The van der Waals surface area contributed by atoms with Crippen LogP contribution in [-0.2, 0) is 14.3 Å². The predicted octanol–water partition coefficient (Wildman–Crippen LogP) is 1.92. The fourth-order valence-corrected chi connectivity index (χ4v) is 4.89. The molecule has 0 aromatic heterocycles. The zero-order valence-corrected chi connectivity index (χ0v) is 17.8. The second kappa shape index (κ2) is 9.92. The van der Waals surface area contributed by atoms with Gasteiger partial charge in [0, 0.05) is 45.3 Å². The van der Waals surface area contributed by atoms with Gasteiger partial charge in [0.2, 0.25) is 5.91 Å². The third-order valence-electron chi connectivity index (χ3n) is 6.64. The van der Waals surface area contributed by atoms with E-state index < -0.39 is 0 Å². The molecule has 1 spiro atoms. The molecule has 3 unspecified atom stereocenters. The van der Waals surface area contributed by atoms with Gasteiger partial charge in [0.25, 0.3) is 0 Å². The molecular formula is C21H38N4O3. The number of likely N-dealkylation sites (N-methyl/N-ethyl adjacent to an activating group) is 1. The summed E-state index contributed by atoms with van der Waals surface area (Å²) in [6.45, 7) is 4.58. The summed E-state index contributed by atoms with van der Waals surface area (Å²) in [6.07, 6.45) is 10.1. The van der Waals surface area contributed by atoms with Gasteiger partial charge in [-0.05, 0) is 39.0 Å². The Kier molecular flexibility index (Phi) is 7.57. The zero-order valence-electron chi connectivity index (χ0n) is 17.8. The van der Waals surface area contributed by atoms with Crippen LogP contribution in [0.25, 0.3) is 0 Å². The SMILES string of the molecule is CCOC1CC(NC(=NCC(=O)N(C)C)NCC2CCCO2)C12CCCCC2. The molecule has 1 amide bonds. The summed E-state index contributed by atoms with van der Waals surface area (Å²) in [5.41, 5.74) is 0.214. The lowest BCUT2D eigenvalue weighted by atomic mass is 9.55. The van der Waals surface area contributed by atoms with Gasteiger partial charge in [-0.25, -0.2) is 4.99 Å². The number of hydrogen-bond acceptors (Lipinski definition) is 4. The molecule has 7 nitrogen and oxygen atoms in total. The predicted molar refractivity (Wildman–Crippen MR) is 110 cm³/mol. The molecule has 3 rings (SSSR count). The molecule has 2 N–H and O–H groups in total. The van der Waals surface area contributed by atoms with Crippen molar-refractivity contribution in [3.63, 3.8) is 0 Å². The normalized spacial score (nSPS) is 29.4. The van der Waals surface area contributed by atoms with Crippen molar-refractivity contribution in [2.24, 2.45) is 10.4 Å². The fourth-order valence-electron chi connectivity index (χ4n) is 4.89. The Labute approximate surface area is 169 Å². The number of rotatable bonds is 7. The molecule has 3 aliphatic rings. The number of carbonyl (C=O) groups is 1. The average molecular weight is 395 g/mol. The summed E-state index contributed by atoms with van der Waals surface area (Å²) in [5, 5.41) is 7.08. The smallest absolute Gasteiger partial charge is 0.243 e. The highest BCUT2D eigenvalue weighted by atomic mass is 16.5. The molecule has 0 aromatic rings. The fraction of sp³-hybridized carbons (Fsp3) is 0.905. The third kappa shape index (κ3) is 4.98. The number of guanidine groups is 1. The monoisotopic (exact) mass is 394 g/mol. The Balaban J connectivity index is 1.64. The first kappa shape index (κ1) is 21.4. The van der Waals surface area contributed by atoms with E-state index in [2.05, 4.69) is 22.5 Å². The second-order valence-electron chi connectivity index (χ2n) is 8.64. The van der Waals surface area contributed by atoms with Crippen molar-refractivity contribution >= 4 is 11.9 Å². The van der Waals surface area contributed by atoms with Gasteiger partial charge in [0.05, 0.1) is 12.2 Å². The summed E-state index contributed by atoms with van der Waals surface area (Å²) >= 11 is 0. The maximum Gasteiger partial charge on any atom is 0.243 e. The lowest BCUT2D eigenvalue weighted by Crippen LogP contribution is -2.66. The van der Waals surface area contributed by atoms with E-state index in [0.29, 0.717) is 12.1 Å². The highest BCUT2D eigenvalue weighted by Gasteiger charge is 2.55. The first-order valence-electron chi connectivity index (χ1n) is 11.0. The average Bonchev–Trinajstić information content (AvgIpc) is 3.22. The number of aliphatic imine (C=N–C) groups is 1. The van der Waals surface area contributed by atoms with Gasteiger partial charge in [0.15, 0.2) is 5.96 Å². The Morgan fingerprint density at radius 2 is 2.04 bits per heavy atom. The molecule has 0 radical (unpaired) electrons. The van der Waals surface area contributed by atoms with Gasteiger partial charge in [-0.3, -0.25) is 4.79 Å². The number of ether oxygens (including phenoxy) is 2. The van der Waals surface area contributed by atoms with E-state index in [1.165, 1.54) is 32.1 Å². The minimum atomic E-state index is 0.00592. The van der Waals surface area contributed by atoms with Crippen LogP contribution in [0.4, 0.5) is 0 Å². The van der Waals surface area contributed by atoms with E-state index >= 15 is 0 Å². The van der Waals surface area contributed by atoms with Crippen molar-refractivity contribution in [2.75, 3.05) is 40.4 Å². The maximum absolute atomic E-state index is 12.0. The van der Waals surface area contributed by atoms with Crippen LogP contribution in [-0.4, -0.2) is 75.4 Å². The van der Waals surface area contributed by atoms with Crippen molar-refractivity contribution in [1.29, 1.82) is 0 Å². The Hall–Kier alpha value is -1.34. The largest absolute Gasteiger partial charge is 0.378 e. The quantitative estimate of drug-likeness (QED) is 0.510. The minimum absolute atomic E-state index is 0.00592. The van der Waals surface area contributed by atoms with Crippen molar-refractivity contribution < 1.29 is 14.3 Å². The van der Waals surface area contributed by atoms with Crippen LogP contribution in [0.2, 0.25) is 0 Å². The third-order valence-corrected chi connectivity index (χ3v) is 6.64. The van der Waals surface area contributed by atoms with Crippen LogP contribution < -0.4 is 10.6 Å². The van der Waals surface area contributed by atoms with E-state index in [-0.39, 0.29) is 24.0 Å². The molecular weight excluding hydrogens is 356 g/mol. The van der Waals surface area contributed by atoms with Crippen LogP contribution in [0, 0.1) is 5.41 Å². The Bertz CT molecular complexity index is 540. The van der Waals surface area contributed by atoms with E-state index in [1.807, 2.05) is 0 Å². The van der Waals surface area contributed by atoms with Gasteiger partial charge < -0.3 is 25.0 Å². The van der Waals surface area contributed by atoms with Crippen molar-refractivity contribution in [3.8, 4) is 0 Å². The number of nitrogens with one attached hydrogen (secondary N) is 2. The van der Waals surface area contributed by atoms with Gasteiger partial charge in [0.1, 0.15) is 6.54 Å². The summed E-state index contributed by atoms with van der Waals surface area (Å²) in [7, 11) is 3.53. The second-order valence-corrected chi connectivity index (χ2v) is 8.64. The van der Waals surface area contributed by atoms with Crippen LogP contribution in [0.3, 0.4) is 0 Å². The van der Waals surface area contributed by atoms with Gasteiger partial charge in [-0.15, -0.1) is 0 Å². The summed E-state index contributed by atoms with van der Waals surface area (Å²) < 4.78 is 11.8.